The Bertz CT molecular complexity index is 1230. The van der Waals surface area contributed by atoms with Gasteiger partial charge in [-0.05, 0) is 61.1 Å². The van der Waals surface area contributed by atoms with Gasteiger partial charge in [0.2, 0.25) is 5.91 Å². The van der Waals surface area contributed by atoms with Crippen LogP contribution in [0.15, 0.2) is 60.1 Å². The second-order valence-corrected chi connectivity index (χ2v) is 8.08. The highest BCUT2D eigenvalue weighted by Crippen LogP contribution is 2.36. The van der Waals surface area contributed by atoms with Crippen LogP contribution < -0.4 is 5.32 Å². The van der Waals surface area contributed by atoms with Crippen LogP contribution in [0.4, 0.5) is 8.78 Å². The molecule has 3 N–H and O–H groups in total. The lowest BCUT2D eigenvalue weighted by Crippen LogP contribution is -2.29. The molecule has 4 rings (SSSR count). The largest absolute Gasteiger partial charge is 0.506 e. The number of hydrogen-bond acceptors (Lipinski definition) is 5. The number of aryl methyl sites for hydroxylation is 1. The van der Waals surface area contributed by atoms with Crippen molar-refractivity contribution in [3.05, 3.63) is 83.0 Å². The van der Waals surface area contributed by atoms with Gasteiger partial charge in [-0.25, -0.2) is 23.2 Å². The Labute approximate surface area is 193 Å². The fourth-order valence-electron chi connectivity index (χ4n) is 4.00. The van der Waals surface area contributed by atoms with Gasteiger partial charge in [0.1, 0.15) is 17.4 Å². The third kappa shape index (κ3) is 5.45. The first-order chi connectivity index (χ1) is 16.3. The van der Waals surface area contributed by atoms with E-state index >= 15 is 0 Å². The minimum absolute atomic E-state index is 0.0388. The molecular weight excluding hydrogens is 446 g/mol. The Morgan fingerprint density at radius 1 is 1.15 bits per heavy atom. The van der Waals surface area contributed by atoms with Gasteiger partial charge in [-0.1, -0.05) is 0 Å². The van der Waals surface area contributed by atoms with Crippen LogP contribution in [0, 0.1) is 11.6 Å². The molecule has 34 heavy (non-hydrogen) atoms. The summed E-state index contributed by atoms with van der Waals surface area (Å²) >= 11 is 0. The smallest absolute Gasteiger partial charge is 0.333 e. The number of amides is 1. The summed E-state index contributed by atoms with van der Waals surface area (Å²) in [4.78, 5) is 28.4. The number of hydrogen-bond donors (Lipinski definition) is 3. The molecule has 0 radical (unpaired) electrons. The lowest BCUT2D eigenvalue weighted by molar-refractivity contribution is -0.133. The molecule has 1 amide bonds. The Hall–Kier alpha value is -4.08. The molecule has 0 unspecified atom stereocenters. The maximum atomic E-state index is 13.6. The van der Waals surface area contributed by atoms with Gasteiger partial charge in [0.25, 0.3) is 0 Å². The Morgan fingerprint density at radius 2 is 1.91 bits per heavy atom. The average molecular weight is 468 g/mol. The maximum Gasteiger partial charge on any atom is 0.333 e. The van der Waals surface area contributed by atoms with Gasteiger partial charge in [0.15, 0.2) is 5.82 Å². The van der Waals surface area contributed by atoms with Crippen molar-refractivity contribution in [3.63, 3.8) is 0 Å². The molecule has 1 atom stereocenters. The first-order valence-corrected chi connectivity index (χ1v) is 10.7. The van der Waals surface area contributed by atoms with Crippen molar-refractivity contribution in [2.75, 3.05) is 0 Å². The van der Waals surface area contributed by atoms with Gasteiger partial charge in [0, 0.05) is 30.8 Å². The first kappa shape index (κ1) is 23.1. The molecule has 1 aliphatic carbocycles. The minimum Gasteiger partial charge on any atom is -0.506 e. The summed E-state index contributed by atoms with van der Waals surface area (Å²) in [5.74, 6) is -2.73. The lowest BCUT2D eigenvalue weighted by atomic mass is 9.82. The molecule has 0 spiro atoms. The van der Waals surface area contributed by atoms with Crippen LogP contribution in [-0.2, 0) is 16.0 Å². The van der Waals surface area contributed by atoms with Crippen molar-refractivity contribution in [2.24, 2.45) is 0 Å². The number of nitrogens with zero attached hydrogens (tertiary/aromatic N) is 3. The van der Waals surface area contributed by atoms with Crippen molar-refractivity contribution >= 4 is 11.9 Å². The average Bonchev–Trinajstić information content (AvgIpc) is 3.27. The van der Waals surface area contributed by atoms with Crippen molar-refractivity contribution in [1.29, 1.82) is 0 Å². The molecule has 176 valence electrons. The van der Waals surface area contributed by atoms with E-state index in [1.54, 1.807) is 18.3 Å². The molecule has 2 aromatic heterocycles. The number of allylic oxidation sites excluding steroid dienone is 1. The van der Waals surface area contributed by atoms with E-state index in [1.165, 1.54) is 29.1 Å². The van der Waals surface area contributed by atoms with Crippen LogP contribution in [0.2, 0.25) is 0 Å². The molecule has 0 aliphatic heterocycles. The Morgan fingerprint density at radius 3 is 2.59 bits per heavy atom. The normalized spacial score (nSPS) is 15.9. The van der Waals surface area contributed by atoms with Crippen molar-refractivity contribution in [3.8, 4) is 11.6 Å². The van der Waals surface area contributed by atoms with E-state index in [0.29, 0.717) is 35.6 Å². The number of aromatic hydroxyl groups is 1. The molecule has 2 heterocycles. The highest BCUT2D eigenvalue weighted by molar-refractivity contribution is 5.89. The molecule has 1 aromatic carbocycles. The molecule has 10 heteroatoms. The number of carbonyl (C=O) groups excluding carboxylic acids is 1. The predicted octanol–water partition coefficient (Wildman–Crippen LogP) is 3.61. The number of carboxylic acids is 1. The quantitative estimate of drug-likeness (QED) is 0.488. The van der Waals surface area contributed by atoms with E-state index in [-0.39, 0.29) is 42.4 Å². The number of aliphatic carboxylic acids is 1. The molecule has 0 saturated heterocycles. The lowest BCUT2D eigenvalue weighted by Gasteiger charge is -2.26. The summed E-state index contributed by atoms with van der Waals surface area (Å²) in [5, 5.41) is 26.0. The zero-order valence-electron chi connectivity index (χ0n) is 18.0. The number of halogens is 2. The number of nitrogens with one attached hydrogen (secondary N) is 1. The van der Waals surface area contributed by atoms with E-state index in [0.717, 1.165) is 6.07 Å². The van der Waals surface area contributed by atoms with Crippen LogP contribution in [0.1, 0.15) is 42.9 Å². The standard InChI is InChI=1S/C24H22F2N4O4/c25-16-9-15(10-17(26)12-16)14-1-4-21(20(11-14)24(33)34)28-23(32)6-2-18-7-8-30(29-18)22-5-3-19(31)13-27-22/h3,5,7-10,12-14,31H,1-2,4,6,11H2,(H,28,32)(H,33,34)/t14-/m0/s1. The van der Waals surface area contributed by atoms with Crippen LogP contribution in [0.25, 0.3) is 5.82 Å². The Balaban J connectivity index is 1.39. The number of benzene rings is 1. The van der Waals surface area contributed by atoms with E-state index < -0.39 is 17.6 Å². The van der Waals surface area contributed by atoms with Gasteiger partial charge in [-0.15, -0.1) is 0 Å². The topological polar surface area (TPSA) is 117 Å². The summed E-state index contributed by atoms with van der Waals surface area (Å²) in [6.45, 7) is 0. The predicted molar refractivity (Wildman–Crippen MR) is 117 cm³/mol. The number of carboxylic acid groups (broad SMARTS) is 1. The highest BCUT2D eigenvalue weighted by Gasteiger charge is 2.28. The minimum atomic E-state index is -1.17. The summed E-state index contributed by atoms with van der Waals surface area (Å²) in [7, 11) is 0. The molecule has 0 saturated carbocycles. The summed E-state index contributed by atoms with van der Waals surface area (Å²) in [6, 6.07) is 8.04. The van der Waals surface area contributed by atoms with Gasteiger partial charge >= 0.3 is 5.97 Å². The van der Waals surface area contributed by atoms with Gasteiger partial charge in [0.05, 0.1) is 17.5 Å². The molecule has 0 bridgehead atoms. The number of pyridine rings is 1. The van der Waals surface area contributed by atoms with E-state index in [4.69, 9.17) is 0 Å². The third-order valence-corrected chi connectivity index (χ3v) is 5.68. The fourth-order valence-corrected chi connectivity index (χ4v) is 4.00. The van der Waals surface area contributed by atoms with E-state index in [1.807, 2.05) is 0 Å². The number of carbonyl (C=O) groups is 2. The molecule has 0 fully saturated rings. The van der Waals surface area contributed by atoms with E-state index in [2.05, 4.69) is 15.4 Å². The SMILES string of the molecule is O=C(CCc1ccn(-c2ccc(O)cn2)n1)NC1=C(C(=O)O)C[C@@H](c2cc(F)cc(F)c2)CC1. The second kappa shape index (κ2) is 9.82. The van der Waals surface area contributed by atoms with Gasteiger partial charge in [-0.2, -0.15) is 5.10 Å². The number of rotatable bonds is 7. The summed E-state index contributed by atoms with van der Waals surface area (Å²) in [5.41, 5.74) is 1.41. The van der Waals surface area contributed by atoms with Crippen molar-refractivity contribution < 1.29 is 28.6 Å². The fraction of sp³-hybridized carbons (Fsp3) is 0.250. The third-order valence-electron chi connectivity index (χ3n) is 5.68. The molecular formula is C24H22F2N4O4. The molecule has 3 aromatic rings. The summed E-state index contributed by atoms with van der Waals surface area (Å²) in [6.07, 6.45) is 4.22. The monoisotopic (exact) mass is 468 g/mol. The number of aromatic nitrogens is 3. The zero-order chi connectivity index (χ0) is 24.2. The summed E-state index contributed by atoms with van der Waals surface area (Å²) < 4.78 is 28.7. The van der Waals surface area contributed by atoms with Crippen LogP contribution in [0.5, 0.6) is 5.75 Å². The molecule has 8 nitrogen and oxygen atoms in total. The maximum absolute atomic E-state index is 13.6. The molecule has 1 aliphatic rings. The van der Waals surface area contributed by atoms with Crippen LogP contribution in [0.3, 0.4) is 0 Å². The van der Waals surface area contributed by atoms with Gasteiger partial charge in [-0.3, -0.25) is 4.79 Å². The highest BCUT2D eigenvalue weighted by atomic mass is 19.1. The van der Waals surface area contributed by atoms with Crippen molar-refractivity contribution in [2.45, 2.75) is 38.0 Å². The second-order valence-electron chi connectivity index (χ2n) is 8.08. The van der Waals surface area contributed by atoms with E-state index in [9.17, 15) is 28.6 Å². The van der Waals surface area contributed by atoms with Crippen molar-refractivity contribution in [1.82, 2.24) is 20.1 Å². The van der Waals surface area contributed by atoms with Crippen LogP contribution >= 0.6 is 0 Å². The van der Waals surface area contributed by atoms with Crippen LogP contribution in [-0.4, -0.2) is 36.9 Å². The first-order valence-electron chi connectivity index (χ1n) is 10.7. The Kier molecular flexibility index (Phi) is 6.67. The van der Waals surface area contributed by atoms with Gasteiger partial charge < -0.3 is 15.5 Å². The zero-order valence-corrected chi connectivity index (χ0v) is 18.0.